The summed E-state index contributed by atoms with van der Waals surface area (Å²) in [5, 5.41) is 3.74. The minimum Gasteiger partial charge on any atom is -0.493 e. The second kappa shape index (κ2) is 8.44. The third-order valence-electron chi connectivity index (χ3n) is 6.02. The number of rotatable bonds is 6. The zero-order valence-electron chi connectivity index (χ0n) is 17.1. The number of ether oxygens (including phenoxy) is 2. The van der Waals surface area contributed by atoms with Crippen LogP contribution in [-0.4, -0.2) is 38.4 Å². The lowest BCUT2D eigenvalue weighted by Crippen LogP contribution is -2.60. The summed E-state index contributed by atoms with van der Waals surface area (Å²) in [5.74, 6) is 1.72. The second-order valence-corrected chi connectivity index (χ2v) is 8.43. The number of methoxy groups -OCH3 is 1. The Kier molecular flexibility index (Phi) is 5.77. The minimum absolute atomic E-state index is 0.0476. The van der Waals surface area contributed by atoms with E-state index < -0.39 is 0 Å². The van der Waals surface area contributed by atoms with Gasteiger partial charge < -0.3 is 19.7 Å². The molecule has 4 nitrogen and oxygen atoms in total. The van der Waals surface area contributed by atoms with E-state index >= 15 is 0 Å². The van der Waals surface area contributed by atoms with Crippen molar-refractivity contribution in [3.8, 4) is 11.5 Å². The van der Waals surface area contributed by atoms with Crippen LogP contribution in [0.2, 0.25) is 0 Å². The van der Waals surface area contributed by atoms with E-state index in [0.29, 0.717) is 6.10 Å². The van der Waals surface area contributed by atoms with Crippen molar-refractivity contribution >= 4 is 5.69 Å². The summed E-state index contributed by atoms with van der Waals surface area (Å²) in [5.41, 5.74) is 2.64. The second-order valence-electron chi connectivity index (χ2n) is 8.43. The predicted molar refractivity (Wildman–Crippen MR) is 115 cm³/mol. The lowest BCUT2D eigenvalue weighted by atomic mass is 9.90. The average molecular weight is 381 g/mol. The van der Waals surface area contributed by atoms with Gasteiger partial charge in [-0.25, -0.2) is 0 Å². The molecule has 2 fully saturated rings. The van der Waals surface area contributed by atoms with Crippen molar-refractivity contribution in [3.05, 3.63) is 54.1 Å². The highest BCUT2D eigenvalue weighted by Gasteiger charge is 2.31. The highest BCUT2D eigenvalue weighted by atomic mass is 16.5. The maximum absolute atomic E-state index is 6.31. The molecule has 1 heterocycles. The molecule has 0 unspecified atom stereocenters. The molecule has 0 bridgehead atoms. The van der Waals surface area contributed by atoms with Crippen LogP contribution in [0.5, 0.6) is 11.5 Å². The van der Waals surface area contributed by atoms with E-state index in [-0.39, 0.29) is 5.54 Å². The topological polar surface area (TPSA) is 33.7 Å². The van der Waals surface area contributed by atoms with Crippen LogP contribution in [0.25, 0.3) is 0 Å². The standard InChI is InChI=1S/C24H32N2O2/c1-24(17-19-8-4-3-5-9-19)18-26(15-14-25-24)20-12-13-22(27-2)23(16-20)28-21-10-6-7-11-21/h3-5,8-9,12-13,16,21,25H,6-7,10-11,14-15,17-18H2,1-2H3/t24-/m1/s1. The fraction of sp³-hybridized carbons (Fsp3) is 0.500. The monoisotopic (exact) mass is 380 g/mol. The van der Waals surface area contributed by atoms with Gasteiger partial charge in [-0.2, -0.15) is 0 Å². The quantitative estimate of drug-likeness (QED) is 0.804. The summed E-state index contributed by atoms with van der Waals surface area (Å²) in [6.07, 6.45) is 6.18. The van der Waals surface area contributed by atoms with Crippen LogP contribution < -0.4 is 19.7 Å². The molecule has 0 spiro atoms. The zero-order chi connectivity index (χ0) is 19.4. The molecule has 0 aromatic heterocycles. The number of hydrogen-bond acceptors (Lipinski definition) is 4. The zero-order valence-corrected chi connectivity index (χ0v) is 17.1. The Morgan fingerprint density at radius 2 is 1.86 bits per heavy atom. The number of piperazine rings is 1. The Labute approximate surface area is 168 Å². The van der Waals surface area contributed by atoms with Crippen LogP contribution >= 0.6 is 0 Å². The maximum atomic E-state index is 6.31. The van der Waals surface area contributed by atoms with E-state index in [1.165, 1.54) is 24.1 Å². The Morgan fingerprint density at radius 1 is 1.07 bits per heavy atom. The Morgan fingerprint density at radius 3 is 2.61 bits per heavy atom. The van der Waals surface area contributed by atoms with Gasteiger partial charge in [-0.1, -0.05) is 30.3 Å². The van der Waals surface area contributed by atoms with Crippen LogP contribution in [0.1, 0.15) is 38.2 Å². The summed E-state index contributed by atoms with van der Waals surface area (Å²) in [6, 6.07) is 17.1. The summed E-state index contributed by atoms with van der Waals surface area (Å²) < 4.78 is 11.9. The van der Waals surface area contributed by atoms with Crippen LogP contribution in [0.3, 0.4) is 0 Å². The first kappa shape index (κ1) is 19.1. The summed E-state index contributed by atoms with van der Waals surface area (Å²) in [4.78, 5) is 2.47. The normalized spacial score (nSPS) is 23.0. The van der Waals surface area contributed by atoms with Gasteiger partial charge in [0.05, 0.1) is 13.2 Å². The highest BCUT2D eigenvalue weighted by molar-refractivity contribution is 5.57. The van der Waals surface area contributed by atoms with Gasteiger partial charge in [-0.15, -0.1) is 0 Å². The van der Waals surface area contributed by atoms with E-state index in [1.54, 1.807) is 7.11 Å². The molecule has 1 aliphatic heterocycles. The Balaban J connectivity index is 1.51. The smallest absolute Gasteiger partial charge is 0.163 e. The lowest BCUT2D eigenvalue weighted by molar-refractivity contribution is 0.201. The molecule has 1 aliphatic carbocycles. The number of anilines is 1. The van der Waals surface area contributed by atoms with Crippen LogP contribution in [0.15, 0.2) is 48.5 Å². The van der Waals surface area contributed by atoms with E-state index in [2.05, 4.69) is 65.7 Å². The maximum Gasteiger partial charge on any atom is 0.163 e. The van der Waals surface area contributed by atoms with Gasteiger partial charge in [0.1, 0.15) is 0 Å². The van der Waals surface area contributed by atoms with Crippen molar-refractivity contribution in [1.82, 2.24) is 5.32 Å². The fourth-order valence-electron chi connectivity index (χ4n) is 4.57. The van der Waals surface area contributed by atoms with Gasteiger partial charge in [0.2, 0.25) is 0 Å². The molecule has 1 saturated carbocycles. The molecular weight excluding hydrogens is 348 g/mol. The minimum atomic E-state index is 0.0476. The Bertz CT molecular complexity index is 773. The van der Waals surface area contributed by atoms with Gasteiger partial charge >= 0.3 is 0 Å². The summed E-state index contributed by atoms with van der Waals surface area (Å²) in [6.45, 7) is 5.27. The van der Waals surface area contributed by atoms with E-state index in [4.69, 9.17) is 9.47 Å². The predicted octanol–water partition coefficient (Wildman–Crippen LogP) is 4.43. The van der Waals surface area contributed by atoms with Crippen molar-refractivity contribution in [1.29, 1.82) is 0 Å². The fourth-order valence-corrected chi connectivity index (χ4v) is 4.57. The van der Waals surface area contributed by atoms with Gasteiger partial charge in [0, 0.05) is 36.9 Å². The molecule has 4 heteroatoms. The third kappa shape index (κ3) is 4.44. The molecule has 2 aromatic rings. The number of nitrogens with one attached hydrogen (secondary N) is 1. The van der Waals surface area contributed by atoms with E-state index in [9.17, 15) is 0 Å². The van der Waals surface area contributed by atoms with Crippen molar-refractivity contribution in [2.75, 3.05) is 31.6 Å². The number of nitrogens with zero attached hydrogens (tertiary/aromatic N) is 1. The first-order valence-corrected chi connectivity index (χ1v) is 10.5. The molecule has 2 aromatic carbocycles. The van der Waals surface area contributed by atoms with Crippen molar-refractivity contribution in [2.24, 2.45) is 0 Å². The molecule has 150 valence electrons. The first-order valence-electron chi connectivity index (χ1n) is 10.5. The van der Waals surface area contributed by atoms with Crippen LogP contribution in [0, 0.1) is 0 Å². The molecule has 1 N–H and O–H groups in total. The van der Waals surface area contributed by atoms with Crippen molar-refractivity contribution < 1.29 is 9.47 Å². The molecule has 1 saturated heterocycles. The van der Waals surface area contributed by atoms with Crippen LogP contribution in [0.4, 0.5) is 5.69 Å². The molecular formula is C24H32N2O2. The molecule has 2 aliphatic rings. The van der Waals surface area contributed by atoms with Gasteiger partial charge in [-0.05, 0) is 56.7 Å². The molecule has 28 heavy (non-hydrogen) atoms. The molecule has 1 atom stereocenters. The summed E-state index contributed by atoms with van der Waals surface area (Å²) >= 11 is 0. The van der Waals surface area contributed by atoms with Gasteiger partial charge in [0.25, 0.3) is 0 Å². The van der Waals surface area contributed by atoms with E-state index in [0.717, 1.165) is 50.4 Å². The molecule has 0 amide bonds. The number of hydrogen-bond donors (Lipinski definition) is 1. The van der Waals surface area contributed by atoms with Crippen LogP contribution in [-0.2, 0) is 6.42 Å². The third-order valence-corrected chi connectivity index (χ3v) is 6.02. The van der Waals surface area contributed by atoms with E-state index in [1.807, 2.05) is 0 Å². The largest absolute Gasteiger partial charge is 0.493 e. The summed E-state index contributed by atoms with van der Waals surface area (Å²) in [7, 11) is 1.72. The highest BCUT2D eigenvalue weighted by Crippen LogP contribution is 2.36. The average Bonchev–Trinajstić information content (AvgIpc) is 3.21. The molecule has 4 rings (SSSR count). The van der Waals surface area contributed by atoms with Crippen molar-refractivity contribution in [3.63, 3.8) is 0 Å². The van der Waals surface area contributed by atoms with Crippen molar-refractivity contribution in [2.45, 2.75) is 50.7 Å². The Hall–Kier alpha value is -2.20. The number of benzene rings is 2. The SMILES string of the molecule is COc1ccc(N2CCN[C@](C)(Cc3ccccc3)C2)cc1OC1CCCC1. The van der Waals surface area contributed by atoms with Gasteiger partial charge in [-0.3, -0.25) is 0 Å². The van der Waals surface area contributed by atoms with Gasteiger partial charge in [0.15, 0.2) is 11.5 Å². The molecule has 0 radical (unpaired) electrons. The first-order chi connectivity index (χ1) is 13.6. The lowest BCUT2D eigenvalue weighted by Gasteiger charge is -2.43.